The molecule has 6 nitrogen and oxygen atoms in total. The predicted molar refractivity (Wildman–Crippen MR) is 71.8 cm³/mol. The van der Waals surface area contributed by atoms with Crippen LogP contribution in [0.25, 0.3) is 11.5 Å². The summed E-state index contributed by atoms with van der Waals surface area (Å²) >= 11 is 7.25. The van der Waals surface area contributed by atoms with E-state index in [2.05, 4.69) is 15.3 Å². The minimum absolute atomic E-state index is 0.257. The van der Waals surface area contributed by atoms with Crippen LogP contribution in [0.4, 0.5) is 0 Å². The summed E-state index contributed by atoms with van der Waals surface area (Å²) in [6.07, 6.45) is 0. The lowest BCUT2D eigenvalue weighted by molar-refractivity contribution is 0.529. The number of halogens is 1. The van der Waals surface area contributed by atoms with Crippen LogP contribution in [0.1, 0.15) is 5.89 Å². The highest BCUT2D eigenvalue weighted by molar-refractivity contribution is 8.13. The molecule has 0 fully saturated rings. The summed E-state index contributed by atoms with van der Waals surface area (Å²) in [5.74, 6) is 6.22. The third-order valence-corrected chi connectivity index (χ3v) is 3.16. The molecule has 0 aliphatic carbocycles. The first-order chi connectivity index (χ1) is 8.70. The van der Waals surface area contributed by atoms with Gasteiger partial charge in [0.1, 0.15) is 0 Å². The average Bonchev–Trinajstić information content (AvgIpc) is 2.85. The summed E-state index contributed by atoms with van der Waals surface area (Å²) < 4.78 is 5.47. The summed E-state index contributed by atoms with van der Waals surface area (Å²) in [6.45, 7) is 0. The van der Waals surface area contributed by atoms with E-state index in [1.54, 1.807) is 6.07 Å². The molecule has 0 atom stereocenters. The highest BCUT2D eigenvalue weighted by Gasteiger charge is 2.11. The average molecular weight is 284 g/mol. The first kappa shape index (κ1) is 12.7. The van der Waals surface area contributed by atoms with Crippen LogP contribution in [-0.4, -0.2) is 15.4 Å². The number of hydrogen-bond acceptors (Lipinski definition) is 6. The molecule has 0 unspecified atom stereocenters. The molecule has 0 aliphatic heterocycles. The van der Waals surface area contributed by atoms with E-state index in [1.807, 2.05) is 18.2 Å². The molecular weight excluding hydrogens is 274 g/mol. The fourth-order valence-corrected chi connectivity index (χ4v) is 1.91. The Morgan fingerprint density at radius 1 is 1.39 bits per heavy atom. The van der Waals surface area contributed by atoms with Gasteiger partial charge in [-0.25, -0.2) is 0 Å². The lowest BCUT2D eigenvalue weighted by Crippen LogP contribution is -2.09. The number of thioether (sulfide) groups is 1. The first-order valence-corrected chi connectivity index (χ1v) is 6.30. The van der Waals surface area contributed by atoms with Gasteiger partial charge in [-0.15, -0.1) is 10.2 Å². The maximum atomic E-state index is 6.03. The Morgan fingerprint density at radius 2 is 2.17 bits per heavy atom. The Morgan fingerprint density at radius 3 is 2.89 bits per heavy atom. The van der Waals surface area contributed by atoms with E-state index in [0.29, 0.717) is 28.1 Å². The van der Waals surface area contributed by atoms with Crippen molar-refractivity contribution in [2.24, 2.45) is 16.7 Å². The zero-order valence-corrected chi connectivity index (χ0v) is 10.8. The van der Waals surface area contributed by atoms with E-state index in [0.717, 1.165) is 0 Å². The Balaban J connectivity index is 2.14. The second-order valence-corrected chi connectivity index (χ2v) is 4.64. The van der Waals surface area contributed by atoms with Crippen molar-refractivity contribution < 1.29 is 4.42 Å². The molecule has 0 aliphatic rings. The minimum atomic E-state index is 0.257. The van der Waals surface area contributed by atoms with Crippen LogP contribution in [0.2, 0.25) is 5.02 Å². The monoisotopic (exact) mass is 283 g/mol. The molecule has 94 valence electrons. The summed E-state index contributed by atoms with van der Waals surface area (Å²) in [7, 11) is 0. The summed E-state index contributed by atoms with van der Waals surface area (Å²) in [5, 5.41) is 12.0. The summed E-state index contributed by atoms with van der Waals surface area (Å²) in [5.41, 5.74) is 6.14. The Labute approximate surface area is 112 Å². The van der Waals surface area contributed by atoms with Crippen LogP contribution in [0.3, 0.4) is 0 Å². The molecule has 0 spiro atoms. The molecule has 1 heterocycles. The zero-order valence-electron chi connectivity index (χ0n) is 9.21. The number of rotatable bonds is 3. The smallest absolute Gasteiger partial charge is 0.249 e. The third-order valence-electron chi connectivity index (χ3n) is 2.04. The molecule has 2 rings (SSSR count). The molecule has 0 bridgehead atoms. The van der Waals surface area contributed by atoms with Crippen molar-refractivity contribution in [3.8, 4) is 11.5 Å². The number of amidine groups is 1. The topological polar surface area (TPSA) is 103 Å². The van der Waals surface area contributed by atoms with Crippen LogP contribution in [0.15, 0.2) is 33.8 Å². The predicted octanol–water partition coefficient (Wildman–Crippen LogP) is 1.81. The fraction of sp³-hybridized carbons (Fsp3) is 0.100. The minimum Gasteiger partial charge on any atom is -0.420 e. The molecule has 0 radical (unpaired) electrons. The van der Waals surface area contributed by atoms with Crippen molar-refractivity contribution >= 4 is 28.5 Å². The molecular formula is C10H10ClN5OS. The molecule has 18 heavy (non-hydrogen) atoms. The number of hydrazone groups is 1. The quantitative estimate of drug-likeness (QED) is 0.385. The lowest BCUT2D eigenvalue weighted by atomic mass is 10.2. The molecule has 4 N–H and O–H groups in total. The van der Waals surface area contributed by atoms with Crippen LogP contribution in [0.5, 0.6) is 0 Å². The maximum Gasteiger partial charge on any atom is 0.249 e. The van der Waals surface area contributed by atoms with E-state index in [1.165, 1.54) is 11.8 Å². The standard InChI is InChI=1S/C10H10ClN5OS/c11-7-4-2-1-3-6(7)9-16-15-8(17-9)5-18-10(12)14-13/h1-4H,5,13H2,(H2,12,14). The Bertz CT molecular complexity index is 571. The maximum absolute atomic E-state index is 6.03. The molecule has 0 amide bonds. The number of hydrogen-bond donors (Lipinski definition) is 2. The third kappa shape index (κ3) is 2.93. The highest BCUT2D eigenvalue weighted by atomic mass is 35.5. The highest BCUT2D eigenvalue weighted by Crippen LogP contribution is 2.26. The largest absolute Gasteiger partial charge is 0.420 e. The van der Waals surface area contributed by atoms with Gasteiger partial charge in [0, 0.05) is 0 Å². The van der Waals surface area contributed by atoms with E-state index in [4.69, 9.17) is 27.6 Å². The molecule has 8 heteroatoms. The Kier molecular flexibility index (Phi) is 4.06. The summed E-state index contributed by atoms with van der Waals surface area (Å²) in [4.78, 5) is 0. The number of benzene rings is 1. The van der Waals surface area contributed by atoms with Gasteiger partial charge < -0.3 is 16.0 Å². The van der Waals surface area contributed by atoms with E-state index in [-0.39, 0.29) is 5.17 Å². The van der Waals surface area contributed by atoms with Gasteiger partial charge in [-0.05, 0) is 12.1 Å². The van der Waals surface area contributed by atoms with Gasteiger partial charge in [0.2, 0.25) is 11.8 Å². The Hall–Kier alpha value is -1.73. The SMILES string of the molecule is NN=C(N)SCc1nnc(-c2ccccc2Cl)o1. The normalized spacial score (nSPS) is 11.7. The van der Waals surface area contributed by atoms with Crippen molar-refractivity contribution in [3.63, 3.8) is 0 Å². The van der Waals surface area contributed by atoms with Crippen LogP contribution in [-0.2, 0) is 5.75 Å². The number of aromatic nitrogens is 2. The summed E-state index contributed by atoms with van der Waals surface area (Å²) in [6, 6.07) is 7.24. The molecule has 0 saturated carbocycles. The van der Waals surface area contributed by atoms with Crippen LogP contribution >= 0.6 is 23.4 Å². The fourth-order valence-electron chi connectivity index (χ4n) is 1.23. The van der Waals surface area contributed by atoms with Gasteiger partial charge in [0.05, 0.1) is 16.3 Å². The van der Waals surface area contributed by atoms with Gasteiger partial charge in [0.15, 0.2) is 5.17 Å². The van der Waals surface area contributed by atoms with Crippen molar-refractivity contribution in [2.75, 3.05) is 0 Å². The zero-order chi connectivity index (χ0) is 13.0. The van der Waals surface area contributed by atoms with Crippen LogP contribution < -0.4 is 11.6 Å². The molecule has 2 aromatic rings. The van der Waals surface area contributed by atoms with Crippen LogP contribution in [0, 0.1) is 0 Å². The van der Waals surface area contributed by atoms with Crippen molar-refractivity contribution in [1.29, 1.82) is 0 Å². The van der Waals surface area contributed by atoms with Crippen molar-refractivity contribution in [1.82, 2.24) is 10.2 Å². The number of nitrogens with two attached hydrogens (primary N) is 2. The number of nitrogens with zero attached hydrogens (tertiary/aromatic N) is 3. The van der Waals surface area contributed by atoms with Gasteiger partial charge in [-0.3, -0.25) is 0 Å². The first-order valence-electron chi connectivity index (χ1n) is 4.94. The molecule has 1 aromatic carbocycles. The second kappa shape index (κ2) is 5.74. The van der Waals surface area contributed by atoms with E-state index in [9.17, 15) is 0 Å². The second-order valence-electron chi connectivity index (χ2n) is 3.24. The van der Waals surface area contributed by atoms with E-state index < -0.39 is 0 Å². The lowest BCUT2D eigenvalue weighted by Gasteiger charge is -1.97. The van der Waals surface area contributed by atoms with E-state index >= 15 is 0 Å². The van der Waals surface area contributed by atoms with Gasteiger partial charge >= 0.3 is 0 Å². The molecule has 0 saturated heterocycles. The van der Waals surface area contributed by atoms with Gasteiger partial charge in [-0.2, -0.15) is 5.10 Å². The van der Waals surface area contributed by atoms with Crippen molar-refractivity contribution in [3.05, 3.63) is 35.2 Å². The molecule has 1 aromatic heterocycles. The van der Waals surface area contributed by atoms with Crippen molar-refractivity contribution in [2.45, 2.75) is 5.75 Å². The van der Waals surface area contributed by atoms with Gasteiger partial charge in [-0.1, -0.05) is 35.5 Å². The van der Waals surface area contributed by atoms with Gasteiger partial charge in [0.25, 0.3) is 0 Å².